The summed E-state index contributed by atoms with van der Waals surface area (Å²) in [6.07, 6.45) is 4.92. The molecule has 1 aliphatic rings. The van der Waals surface area contributed by atoms with Gasteiger partial charge >= 0.3 is 5.97 Å². The van der Waals surface area contributed by atoms with E-state index in [0.717, 1.165) is 12.8 Å². The zero-order chi connectivity index (χ0) is 33.6. The SMILES string of the molecule is CC(C)(OCCOCCOCCOCCOCC(=O)O)C(F)CNC(=O)c1cnc(-n2ncc3cc(C#N)cnc32)cc1NC1CC1. The Hall–Kier alpha value is -4.27. The molecule has 0 spiro atoms. The summed E-state index contributed by atoms with van der Waals surface area (Å²) in [5.41, 5.74) is 0.579. The van der Waals surface area contributed by atoms with Crippen LogP contribution in [0.4, 0.5) is 10.1 Å². The number of aromatic nitrogens is 4. The standard InChI is InChI=1S/C31H40FN7O8/c1-31(2,47-12-11-45-8-7-43-5-6-44-9-10-46-20-28(40)41)26(32)19-36-30(42)24-18-34-27(14-25(24)38-23-3-4-23)39-29-22(17-37-39)13-21(15-33)16-35-29/h13-14,16-18,23,26H,3-12,19-20H2,1-2H3,(H,34,38)(H,36,42)(H,40,41). The van der Waals surface area contributed by atoms with E-state index in [2.05, 4.69) is 31.8 Å². The van der Waals surface area contributed by atoms with Gasteiger partial charge in [-0.3, -0.25) is 4.79 Å². The third kappa shape index (κ3) is 11.2. The van der Waals surface area contributed by atoms with Gasteiger partial charge in [-0.15, -0.1) is 0 Å². The normalized spacial score (nSPS) is 13.7. The van der Waals surface area contributed by atoms with Gasteiger partial charge in [-0.25, -0.2) is 19.2 Å². The second kappa shape index (κ2) is 17.6. The predicted octanol–water partition coefficient (Wildman–Crippen LogP) is 2.28. The van der Waals surface area contributed by atoms with Crippen molar-refractivity contribution in [3.05, 3.63) is 41.9 Å². The number of pyridine rings is 2. The number of halogens is 1. The second-order valence-corrected chi connectivity index (χ2v) is 11.2. The quantitative estimate of drug-likeness (QED) is 0.133. The number of alkyl halides is 1. The molecule has 1 atom stereocenters. The number of carbonyl (C=O) groups excluding carboxylic acids is 1. The molecule has 0 saturated heterocycles. The third-order valence-electron chi connectivity index (χ3n) is 7.06. The Morgan fingerprint density at radius 2 is 1.68 bits per heavy atom. The van der Waals surface area contributed by atoms with Gasteiger partial charge in [0.05, 0.1) is 88.0 Å². The number of nitrogens with zero attached hydrogens (tertiary/aromatic N) is 5. The smallest absolute Gasteiger partial charge is 0.329 e. The highest BCUT2D eigenvalue weighted by Gasteiger charge is 2.31. The zero-order valence-electron chi connectivity index (χ0n) is 26.4. The van der Waals surface area contributed by atoms with Crippen molar-refractivity contribution in [3.63, 3.8) is 0 Å². The molecule has 15 nitrogen and oxygen atoms in total. The van der Waals surface area contributed by atoms with Crippen LogP contribution in [0.25, 0.3) is 16.9 Å². The molecule has 3 heterocycles. The van der Waals surface area contributed by atoms with Crippen molar-refractivity contribution in [1.82, 2.24) is 25.1 Å². The summed E-state index contributed by atoms with van der Waals surface area (Å²) >= 11 is 0. The highest BCUT2D eigenvalue weighted by Crippen LogP contribution is 2.28. The number of nitrogens with one attached hydrogen (secondary N) is 2. The summed E-state index contributed by atoms with van der Waals surface area (Å²) in [6, 6.07) is 5.69. The summed E-state index contributed by atoms with van der Waals surface area (Å²) in [5, 5.41) is 28.7. The number of hydrogen-bond donors (Lipinski definition) is 3. The van der Waals surface area contributed by atoms with Crippen LogP contribution >= 0.6 is 0 Å². The van der Waals surface area contributed by atoms with E-state index in [1.807, 2.05) is 0 Å². The van der Waals surface area contributed by atoms with Gasteiger partial charge in [0.1, 0.15) is 18.8 Å². The number of carboxylic acid groups (broad SMARTS) is 1. The summed E-state index contributed by atoms with van der Waals surface area (Å²) in [6.45, 7) is 4.80. The minimum Gasteiger partial charge on any atom is -0.480 e. The number of fused-ring (bicyclic) bond motifs is 1. The third-order valence-corrected chi connectivity index (χ3v) is 7.06. The highest BCUT2D eigenvalue weighted by molar-refractivity contribution is 5.99. The van der Waals surface area contributed by atoms with E-state index in [4.69, 9.17) is 34.1 Å². The Morgan fingerprint density at radius 3 is 2.32 bits per heavy atom. The molecule has 4 rings (SSSR count). The van der Waals surface area contributed by atoms with Crippen LogP contribution in [-0.4, -0.2) is 121 Å². The topological polar surface area (TPSA) is 192 Å². The van der Waals surface area contributed by atoms with Gasteiger partial charge in [-0.2, -0.15) is 15.0 Å². The fraction of sp³-hybridized carbons (Fsp3) is 0.548. The molecule has 47 heavy (non-hydrogen) atoms. The lowest BCUT2D eigenvalue weighted by atomic mass is 10.0. The molecule has 1 aliphatic carbocycles. The molecule has 254 valence electrons. The van der Waals surface area contributed by atoms with Crippen LogP contribution in [0, 0.1) is 11.3 Å². The van der Waals surface area contributed by atoms with Crippen molar-refractivity contribution < 1.29 is 42.8 Å². The van der Waals surface area contributed by atoms with E-state index in [9.17, 15) is 9.59 Å². The van der Waals surface area contributed by atoms with Crippen molar-refractivity contribution in [2.75, 3.05) is 71.3 Å². The first kappa shape index (κ1) is 35.6. The molecule has 1 saturated carbocycles. The second-order valence-electron chi connectivity index (χ2n) is 11.2. The summed E-state index contributed by atoms with van der Waals surface area (Å²) in [7, 11) is 0. The van der Waals surface area contributed by atoms with Crippen LogP contribution in [0.2, 0.25) is 0 Å². The van der Waals surface area contributed by atoms with Gasteiger partial charge in [-0.05, 0) is 32.8 Å². The Balaban J connectivity index is 1.17. The Morgan fingerprint density at radius 1 is 1.02 bits per heavy atom. The van der Waals surface area contributed by atoms with Gasteiger partial charge in [0.2, 0.25) is 0 Å². The Kier molecular flexibility index (Phi) is 13.3. The Bertz CT molecular complexity index is 1530. The fourth-order valence-electron chi connectivity index (χ4n) is 4.25. The van der Waals surface area contributed by atoms with Crippen molar-refractivity contribution in [3.8, 4) is 11.9 Å². The number of carbonyl (C=O) groups is 2. The molecule has 3 aromatic heterocycles. The van der Waals surface area contributed by atoms with Crippen molar-refractivity contribution >= 4 is 28.6 Å². The summed E-state index contributed by atoms with van der Waals surface area (Å²) in [4.78, 5) is 32.3. The lowest BCUT2D eigenvalue weighted by molar-refractivity contribution is -0.142. The van der Waals surface area contributed by atoms with Crippen molar-refractivity contribution in [2.24, 2.45) is 0 Å². The molecule has 0 radical (unpaired) electrons. The van der Waals surface area contributed by atoms with Crippen LogP contribution in [0.1, 0.15) is 42.6 Å². The highest BCUT2D eigenvalue weighted by atomic mass is 19.1. The number of aliphatic carboxylic acids is 1. The maximum Gasteiger partial charge on any atom is 0.329 e. The number of nitriles is 1. The minimum atomic E-state index is -1.50. The average Bonchev–Trinajstić information content (AvgIpc) is 3.77. The number of hydrogen-bond acceptors (Lipinski definition) is 12. The minimum absolute atomic E-state index is 0.149. The number of ether oxygens (including phenoxy) is 5. The molecule has 3 aromatic rings. The van der Waals surface area contributed by atoms with Gasteiger partial charge in [0.25, 0.3) is 5.91 Å². The lowest BCUT2D eigenvalue weighted by Gasteiger charge is -2.29. The first-order valence-corrected chi connectivity index (χ1v) is 15.3. The molecular formula is C31H40FN7O8. The maximum atomic E-state index is 15.2. The van der Waals surface area contributed by atoms with E-state index in [0.29, 0.717) is 54.5 Å². The molecule has 1 unspecified atom stereocenters. The predicted molar refractivity (Wildman–Crippen MR) is 166 cm³/mol. The maximum absolute atomic E-state index is 15.2. The number of carboxylic acids is 1. The van der Waals surface area contributed by atoms with Crippen molar-refractivity contribution in [1.29, 1.82) is 5.26 Å². The van der Waals surface area contributed by atoms with E-state index < -0.39 is 23.6 Å². The van der Waals surface area contributed by atoms with Crippen LogP contribution in [0.15, 0.2) is 30.7 Å². The number of rotatable bonds is 22. The molecule has 3 N–H and O–H groups in total. The monoisotopic (exact) mass is 657 g/mol. The molecular weight excluding hydrogens is 617 g/mol. The fourth-order valence-corrected chi connectivity index (χ4v) is 4.25. The van der Waals surface area contributed by atoms with E-state index >= 15 is 4.39 Å². The van der Waals surface area contributed by atoms with Gasteiger partial charge < -0.3 is 39.4 Å². The first-order chi connectivity index (χ1) is 22.7. The van der Waals surface area contributed by atoms with Gasteiger partial charge in [0.15, 0.2) is 11.5 Å². The molecule has 0 bridgehead atoms. The first-order valence-electron chi connectivity index (χ1n) is 15.3. The van der Waals surface area contributed by atoms with Gasteiger partial charge in [0, 0.05) is 29.9 Å². The summed E-state index contributed by atoms with van der Waals surface area (Å²) < 4.78 is 43.4. The van der Waals surface area contributed by atoms with Crippen LogP contribution in [0.5, 0.6) is 0 Å². The molecule has 1 fully saturated rings. The van der Waals surface area contributed by atoms with Crippen LogP contribution in [-0.2, 0) is 28.5 Å². The summed E-state index contributed by atoms with van der Waals surface area (Å²) in [5.74, 6) is -1.07. The molecule has 16 heteroatoms. The van der Waals surface area contributed by atoms with Crippen molar-refractivity contribution in [2.45, 2.75) is 44.5 Å². The average molecular weight is 658 g/mol. The number of anilines is 1. The zero-order valence-corrected chi connectivity index (χ0v) is 26.4. The number of amides is 1. The molecule has 0 aliphatic heterocycles. The van der Waals surface area contributed by atoms with E-state index in [1.54, 1.807) is 32.2 Å². The molecule has 1 amide bonds. The molecule has 0 aromatic carbocycles. The Labute approximate surface area is 271 Å². The van der Waals surface area contributed by atoms with Crippen LogP contribution in [0.3, 0.4) is 0 Å². The lowest BCUT2D eigenvalue weighted by Crippen LogP contribution is -2.44. The van der Waals surface area contributed by atoms with Crippen LogP contribution < -0.4 is 10.6 Å². The van der Waals surface area contributed by atoms with E-state index in [1.165, 1.54) is 17.1 Å². The van der Waals surface area contributed by atoms with E-state index in [-0.39, 0.29) is 51.2 Å². The van der Waals surface area contributed by atoms with Gasteiger partial charge in [-0.1, -0.05) is 0 Å². The largest absolute Gasteiger partial charge is 0.480 e.